The van der Waals surface area contributed by atoms with Crippen molar-refractivity contribution < 1.29 is 80.2 Å². The van der Waals surface area contributed by atoms with Gasteiger partial charge in [0, 0.05) is 25.7 Å². The van der Waals surface area contributed by atoms with E-state index >= 15 is 0 Å². The third-order valence-corrected chi connectivity index (χ3v) is 23.1. The van der Waals surface area contributed by atoms with Gasteiger partial charge in [0.25, 0.3) is 0 Å². The van der Waals surface area contributed by atoms with Crippen molar-refractivity contribution in [2.24, 2.45) is 17.8 Å². The quantitative estimate of drug-likeness (QED) is 0.0222. The second-order valence-corrected chi connectivity index (χ2v) is 36.1. The fourth-order valence-electron chi connectivity index (χ4n) is 13.9. The summed E-state index contributed by atoms with van der Waals surface area (Å²) in [6.07, 6.45) is 70.8. The van der Waals surface area contributed by atoms with Crippen LogP contribution in [0.4, 0.5) is 0 Å². The molecule has 3 N–H and O–H groups in total. The minimum atomic E-state index is -4.97. The molecule has 0 fully saturated rings. The summed E-state index contributed by atoms with van der Waals surface area (Å²) in [6, 6.07) is 0. The molecule has 0 saturated heterocycles. The fourth-order valence-corrected chi connectivity index (χ4v) is 15.4. The topological polar surface area (TPSA) is 237 Å². The molecular weight excluding hydrogens is 1400 g/mol. The Bertz CT molecular complexity index is 2080. The molecule has 0 aromatic carbocycles. The Kier molecular flexibility index (Phi) is 77.5. The zero-order valence-corrected chi connectivity index (χ0v) is 73.1. The van der Waals surface area contributed by atoms with Crippen LogP contribution in [0.5, 0.6) is 0 Å². The van der Waals surface area contributed by atoms with Gasteiger partial charge in [-0.05, 0) is 43.4 Å². The van der Waals surface area contributed by atoms with E-state index in [-0.39, 0.29) is 25.7 Å². The molecule has 0 aromatic heterocycles. The Morgan fingerprint density at radius 2 is 0.472 bits per heavy atom. The van der Waals surface area contributed by atoms with E-state index in [0.717, 1.165) is 108 Å². The lowest BCUT2D eigenvalue weighted by Gasteiger charge is -2.21. The van der Waals surface area contributed by atoms with Gasteiger partial charge in [-0.3, -0.25) is 37.3 Å². The Balaban J connectivity index is 5.22. The summed E-state index contributed by atoms with van der Waals surface area (Å²) in [7, 11) is -9.93. The van der Waals surface area contributed by atoms with Crippen LogP contribution in [-0.4, -0.2) is 96.7 Å². The van der Waals surface area contributed by atoms with Crippen molar-refractivity contribution in [2.45, 2.75) is 491 Å². The molecular formula is C89H174O17P2. The number of phosphoric ester groups is 2. The molecule has 6 atom stereocenters. The summed E-state index contributed by atoms with van der Waals surface area (Å²) in [6.45, 7) is 12.1. The zero-order valence-electron chi connectivity index (χ0n) is 71.3. The average molecular weight is 1580 g/mol. The van der Waals surface area contributed by atoms with Crippen LogP contribution >= 0.6 is 15.6 Å². The van der Waals surface area contributed by atoms with Crippen LogP contribution in [0.2, 0.25) is 0 Å². The smallest absolute Gasteiger partial charge is 0.462 e. The first kappa shape index (κ1) is 106. The van der Waals surface area contributed by atoms with Crippen LogP contribution in [0.25, 0.3) is 0 Å². The number of phosphoric acid groups is 2. The van der Waals surface area contributed by atoms with Crippen LogP contribution in [0, 0.1) is 17.8 Å². The largest absolute Gasteiger partial charge is 0.472 e. The number of aliphatic hydroxyl groups is 1. The predicted molar refractivity (Wildman–Crippen MR) is 446 cm³/mol. The van der Waals surface area contributed by atoms with Gasteiger partial charge < -0.3 is 33.8 Å². The molecule has 0 amide bonds. The van der Waals surface area contributed by atoms with E-state index in [1.165, 1.54) is 283 Å². The highest BCUT2D eigenvalue weighted by atomic mass is 31.2. The number of rotatable bonds is 87. The van der Waals surface area contributed by atoms with Gasteiger partial charge in [0.15, 0.2) is 12.2 Å². The molecule has 19 heteroatoms. The third kappa shape index (κ3) is 80.7. The normalized spacial score (nSPS) is 14.1. The molecule has 0 radical (unpaired) electrons. The third-order valence-electron chi connectivity index (χ3n) is 21.2. The van der Waals surface area contributed by atoms with Crippen molar-refractivity contribution >= 4 is 39.5 Å². The van der Waals surface area contributed by atoms with Crippen molar-refractivity contribution in [3.05, 3.63) is 0 Å². The van der Waals surface area contributed by atoms with E-state index in [2.05, 4.69) is 48.5 Å². The predicted octanol–water partition coefficient (Wildman–Crippen LogP) is 27.3. The average Bonchev–Trinajstić information content (AvgIpc) is 0.901. The lowest BCUT2D eigenvalue weighted by atomic mass is 9.99. The summed E-state index contributed by atoms with van der Waals surface area (Å²) in [4.78, 5) is 73.3. The van der Waals surface area contributed by atoms with Gasteiger partial charge in [0.05, 0.1) is 26.4 Å². The van der Waals surface area contributed by atoms with Gasteiger partial charge in [0.2, 0.25) is 0 Å². The molecule has 0 aliphatic rings. The summed E-state index contributed by atoms with van der Waals surface area (Å²) < 4.78 is 69.0. The molecule has 0 aliphatic carbocycles. The van der Waals surface area contributed by atoms with E-state index in [1.54, 1.807) is 0 Å². The van der Waals surface area contributed by atoms with Gasteiger partial charge in [0.1, 0.15) is 19.3 Å². The fraction of sp³-hybridized carbons (Fsp3) is 0.955. The lowest BCUT2D eigenvalue weighted by Crippen LogP contribution is -2.30. The maximum atomic E-state index is 13.2. The molecule has 0 spiro atoms. The van der Waals surface area contributed by atoms with E-state index in [9.17, 15) is 43.2 Å². The lowest BCUT2D eigenvalue weighted by molar-refractivity contribution is -0.161. The van der Waals surface area contributed by atoms with Crippen LogP contribution in [0.3, 0.4) is 0 Å². The molecule has 0 heterocycles. The minimum Gasteiger partial charge on any atom is -0.462 e. The number of aliphatic hydroxyl groups excluding tert-OH is 1. The molecule has 0 bridgehead atoms. The maximum Gasteiger partial charge on any atom is 0.472 e. The second-order valence-electron chi connectivity index (χ2n) is 33.2. The van der Waals surface area contributed by atoms with Crippen LogP contribution in [-0.2, 0) is 65.4 Å². The van der Waals surface area contributed by atoms with E-state index in [4.69, 9.17) is 37.0 Å². The van der Waals surface area contributed by atoms with Crippen molar-refractivity contribution in [3.8, 4) is 0 Å². The SMILES string of the molecule is CCCCCCCCCCCCC(=O)OC[C@H](COP(=O)(O)OC[C@H](O)COP(=O)(O)OC[C@@H](COC(=O)CCCCCCCCCCCCCCCCCC(C)C)OC(=O)CCCCCCCCCCCCCCCCCCCCC(C)CC)OC(=O)CCCCCCCCCCCCCCCCCC(C)C. The van der Waals surface area contributed by atoms with Gasteiger partial charge in [-0.2, -0.15) is 0 Å². The summed E-state index contributed by atoms with van der Waals surface area (Å²) in [5, 5.41) is 10.7. The number of hydrogen-bond donors (Lipinski definition) is 3. The summed E-state index contributed by atoms with van der Waals surface area (Å²) >= 11 is 0. The summed E-state index contributed by atoms with van der Waals surface area (Å²) in [5.41, 5.74) is 0. The van der Waals surface area contributed by atoms with Crippen molar-refractivity contribution in [1.82, 2.24) is 0 Å². The number of carbonyl (C=O) groups is 4. The molecule has 0 rings (SSSR count). The Morgan fingerprint density at radius 3 is 0.704 bits per heavy atom. The molecule has 0 saturated carbocycles. The highest BCUT2D eigenvalue weighted by Crippen LogP contribution is 2.45. The Morgan fingerprint density at radius 1 is 0.269 bits per heavy atom. The highest BCUT2D eigenvalue weighted by molar-refractivity contribution is 7.47. The molecule has 3 unspecified atom stereocenters. The Labute approximate surface area is 664 Å². The molecule has 0 aliphatic heterocycles. The van der Waals surface area contributed by atoms with Crippen molar-refractivity contribution in [2.75, 3.05) is 39.6 Å². The van der Waals surface area contributed by atoms with Gasteiger partial charge >= 0.3 is 39.5 Å². The maximum absolute atomic E-state index is 13.2. The minimum absolute atomic E-state index is 0.108. The second kappa shape index (κ2) is 78.9. The number of esters is 4. The van der Waals surface area contributed by atoms with E-state index in [0.29, 0.717) is 25.7 Å². The Hall–Kier alpha value is -1.94. The summed E-state index contributed by atoms with van der Waals surface area (Å²) in [5.74, 6) is 0.380. The highest BCUT2D eigenvalue weighted by Gasteiger charge is 2.31. The monoisotopic (exact) mass is 1580 g/mol. The zero-order chi connectivity index (χ0) is 79.3. The van der Waals surface area contributed by atoms with Crippen LogP contribution < -0.4 is 0 Å². The standard InChI is InChI=1S/C89H174O17P2/c1-8-10-11-12-13-14-42-49-56-63-70-86(91)99-76-84(105-88(93)73-66-59-52-45-38-32-26-20-22-28-34-40-47-54-61-68-81(5)6)78-103-107(95,96)101-74-83(90)75-102-108(97,98)104-79-85(77-100-87(92)71-64-57-50-43-36-30-25-19-21-27-33-39-46-53-60-67-80(3)4)106-89(94)72-65-58-51-44-37-31-24-18-16-15-17-23-29-35-41-48-55-62-69-82(7)9-2/h80-85,90H,8-79H2,1-7H3,(H,95,96)(H,97,98)/t82?,83-,84+,85+/m0/s1. The molecule has 108 heavy (non-hydrogen) atoms. The first-order valence-electron chi connectivity index (χ1n) is 45.9. The number of unbranched alkanes of at least 4 members (excludes halogenated alkanes) is 54. The van der Waals surface area contributed by atoms with Crippen LogP contribution in [0.15, 0.2) is 0 Å². The van der Waals surface area contributed by atoms with Crippen molar-refractivity contribution in [1.29, 1.82) is 0 Å². The van der Waals surface area contributed by atoms with Crippen LogP contribution in [0.1, 0.15) is 472 Å². The van der Waals surface area contributed by atoms with E-state index < -0.39 is 97.5 Å². The molecule has 642 valence electrons. The molecule has 0 aromatic rings. The molecule has 17 nitrogen and oxygen atoms in total. The van der Waals surface area contributed by atoms with Gasteiger partial charge in [-0.15, -0.1) is 0 Å². The number of ether oxygens (including phenoxy) is 4. The van der Waals surface area contributed by atoms with Gasteiger partial charge in [-0.25, -0.2) is 9.13 Å². The van der Waals surface area contributed by atoms with E-state index in [1.807, 2.05) is 0 Å². The first-order chi connectivity index (χ1) is 52.3. The number of carbonyl (C=O) groups excluding carboxylic acids is 4. The van der Waals surface area contributed by atoms with Crippen molar-refractivity contribution in [3.63, 3.8) is 0 Å². The number of hydrogen-bond acceptors (Lipinski definition) is 15. The van der Waals surface area contributed by atoms with Gasteiger partial charge in [-0.1, -0.05) is 421 Å². The first-order valence-corrected chi connectivity index (χ1v) is 48.9.